The molecule has 0 aliphatic carbocycles. The molecule has 0 spiro atoms. The standard InChI is InChI=1S/C35H37Cl2N3O5S/c1-4-25(2)38-35(42)33(21-26-11-7-5-8-12-26)39(23-27-15-16-28(36)22-32(27)37)34(41)24-40(29-17-19-30(45-3)20-18-29)46(43,44)31-13-9-6-10-14-31/h5-20,22,25,33H,4,21,23-24H2,1-3H3,(H,38,42)/t25-,33+/m1/s1. The van der Waals surface area contributed by atoms with E-state index in [0.717, 1.165) is 9.87 Å². The van der Waals surface area contributed by atoms with Gasteiger partial charge in [0, 0.05) is 29.1 Å². The summed E-state index contributed by atoms with van der Waals surface area (Å²) in [7, 11) is -2.71. The topological polar surface area (TPSA) is 96.0 Å². The molecule has 0 saturated heterocycles. The van der Waals surface area contributed by atoms with Gasteiger partial charge < -0.3 is 15.0 Å². The lowest BCUT2D eigenvalue weighted by Crippen LogP contribution is -2.54. The predicted octanol–water partition coefficient (Wildman–Crippen LogP) is 6.75. The number of ether oxygens (including phenoxy) is 1. The van der Waals surface area contributed by atoms with E-state index >= 15 is 0 Å². The molecule has 4 aromatic rings. The Morgan fingerprint density at radius 2 is 1.52 bits per heavy atom. The maximum Gasteiger partial charge on any atom is 0.264 e. The zero-order valence-electron chi connectivity index (χ0n) is 25.9. The molecule has 0 aromatic heterocycles. The summed E-state index contributed by atoms with van der Waals surface area (Å²) in [4.78, 5) is 29.9. The Kier molecular flexibility index (Phi) is 12.1. The highest BCUT2D eigenvalue weighted by molar-refractivity contribution is 7.92. The van der Waals surface area contributed by atoms with Crippen LogP contribution in [-0.4, -0.2) is 50.9 Å². The van der Waals surface area contributed by atoms with Crippen molar-refractivity contribution in [3.05, 3.63) is 124 Å². The van der Waals surface area contributed by atoms with Crippen LogP contribution in [0.1, 0.15) is 31.4 Å². The predicted molar refractivity (Wildman–Crippen MR) is 183 cm³/mol. The Morgan fingerprint density at radius 3 is 2.11 bits per heavy atom. The largest absolute Gasteiger partial charge is 0.497 e. The number of rotatable bonds is 14. The lowest BCUT2D eigenvalue weighted by Gasteiger charge is -2.34. The van der Waals surface area contributed by atoms with Gasteiger partial charge in [-0.1, -0.05) is 84.7 Å². The van der Waals surface area contributed by atoms with Crippen molar-refractivity contribution in [2.45, 2.75) is 50.2 Å². The fourth-order valence-corrected chi connectivity index (χ4v) is 6.73. The van der Waals surface area contributed by atoms with E-state index in [9.17, 15) is 18.0 Å². The van der Waals surface area contributed by atoms with Crippen LogP contribution in [0.2, 0.25) is 10.0 Å². The fraction of sp³-hybridized carbons (Fsp3) is 0.257. The Labute approximate surface area is 280 Å². The first kappa shape index (κ1) is 34.8. The SMILES string of the molecule is CC[C@@H](C)NC(=O)[C@H](Cc1ccccc1)N(Cc1ccc(Cl)cc1Cl)C(=O)CN(c1ccc(OC)cc1)S(=O)(=O)c1ccccc1. The average Bonchev–Trinajstić information content (AvgIpc) is 3.06. The van der Waals surface area contributed by atoms with E-state index in [-0.39, 0.29) is 35.5 Å². The maximum atomic E-state index is 14.5. The van der Waals surface area contributed by atoms with Crippen molar-refractivity contribution in [2.24, 2.45) is 0 Å². The molecule has 4 aromatic carbocycles. The van der Waals surface area contributed by atoms with Crippen LogP contribution in [-0.2, 0) is 32.6 Å². The molecule has 0 aliphatic rings. The molecule has 0 bridgehead atoms. The van der Waals surface area contributed by atoms with Crippen molar-refractivity contribution in [3.8, 4) is 5.75 Å². The van der Waals surface area contributed by atoms with Crippen molar-refractivity contribution < 1.29 is 22.7 Å². The van der Waals surface area contributed by atoms with Gasteiger partial charge in [0.05, 0.1) is 17.7 Å². The van der Waals surface area contributed by atoms with Crippen LogP contribution in [0.5, 0.6) is 5.75 Å². The third-order valence-corrected chi connectivity index (χ3v) is 9.97. The first-order chi connectivity index (χ1) is 22.0. The Hall–Kier alpha value is -4.05. The van der Waals surface area contributed by atoms with E-state index in [2.05, 4.69) is 5.32 Å². The first-order valence-corrected chi connectivity index (χ1v) is 17.0. The smallest absolute Gasteiger partial charge is 0.264 e. The molecular weight excluding hydrogens is 645 g/mol. The minimum atomic E-state index is -4.22. The van der Waals surface area contributed by atoms with E-state index in [4.69, 9.17) is 27.9 Å². The van der Waals surface area contributed by atoms with Crippen molar-refractivity contribution >= 4 is 50.7 Å². The fourth-order valence-electron chi connectivity index (χ4n) is 4.83. The van der Waals surface area contributed by atoms with Gasteiger partial charge in [-0.15, -0.1) is 0 Å². The minimum absolute atomic E-state index is 0.0151. The number of hydrogen-bond donors (Lipinski definition) is 1. The van der Waals surface area contributed by atoms with Crippen LogP contribution < -0.4 is 14.4 Å². The van der Waals surface area contributed by atoms with E-state index in [0.29, 0.717) is 27.8 Å². The van der Waals surface area contributed by atoms with Crippen LogP contribution >= 0.6 is 23.2 Å². The number of carbonyl (C=O) groups is 2. The van der Waals surface area contributed by atoms with Crippen LogP contribution in [0.15, 0.2) is 108 Å². The molecule has 2 amide bonds. The van der Waals surface area contributed by atoms with E-state index in [1.165, 1.54) is 24.1 Å². The second-order valence-electron chi connectivity index (χ2n) is 10.8. The number of nitrogens with one attached hydrogen (secondary N) is 1. The monoisotopic (exact) mass is 681 g/mol. The van der Waals surface area contributed by atoms with Crippen LogP contribution in [0.25, 0.3) is 0 Å². The number of amides is 2. The van der Waals surface area contributed by atoms with Crippen molar-refractivity contribution in [3.63, 3.8) is 0 Å². The van der Waals surface area contributed by atoms with Crippen LogP contribution in [0.4, 0.5) is 5.69 Å². The molecule has 8 nitrogen and oxygen atoms in total. The quantitative estimate of drug-likeness (QED) is 0.159. The molecule has 1 N–H and O–H groups in total. The van der Waals surface area contributed by atoms with Crippen molar-refractivity contribution in [1.29, 1.82) is 0 Å². The summed E-state index contributed by atoms with van der Waals surface area (Å²) in [6.07, 6.45) is 0.870. The third-order valence-electron chi connectivity index (χ3n) is 7.60. The lowest BCUT2D eigenvalue weighted by molar-refractivity contribution is -0.140. The Bertz CT molecular complexity index is 1720. The maximum absolute atomic E-state index is 14.5. The van der Waals surface area contributed by atoms with Gasteiger partial charge in [0.15, 0.2) is 0 Å². The third kappa shape index (κ3) is 8.81. The van der Waals surface area contributed by atoms with Gasteiger partial charge in [0.2, 0.25) is 11.8 Å². The summed E-state index contributed by atoms with van der Waals surface area (Å²) < 4.78 is 34.5. The summed E-state index contributed by atoms with van der Waals surface area (Å²) in [5.41, 5.74) is 1.64. The van der Waals surface area contributed by atoms with Gasteiger partial charge in [-0.3, -0.25) is 13.9 Å². The normalized spacial score (nSPS) is 12.5. The van der Waals surface area contributed by atoms with Crippen molar-refractivity contribution in [2.75, 3.05) is 18.0 Å². The van der Waals surface area contributed by atoms with Gasteiger partial charge in [0.1, 0.15) is 18.3 Å². The van der Waals surface area contributed by atoms with Gasteiger partial charge >= 0.3 is 0 Å². The molecular formula is C35H37Cl2N3O5S. The average molecular weight is 683 g/mol. The second kappa shape index (κ2) is 16.0. The molecule has 0 radical (unpaired) electrons. The summed E-state index contributed by atoms with van der Waals surface area (Å²) >= 11 is 12.7. The number of nitrogens with zero attached hydrogens (tertiary/aromatic N) is 2. The zero-order chi connectivity index (χ0) is 33.3. The lowest BCUT2D eigenvalue weighted by atomic mass is 10.0. The molecule has 2 atom stereocenters. The molecule has 46 heavy (non-hydrogen) atoms. The molecule has 4 rings (SSSR count). The molecule has 0 heterocycles. The number of anilines is 1. The number of benzene rings is 4. The molecule has 0 fully saturated rings. The Morgan fingerprint density at radius 1 is 0.891 bits per heavy atom. The van der Waals surface area contributed by atoms with E-state index < -0.39 is 28.5 Å². The molecule has 0 aliphatic heterocycles. The first-order valence-electron chi connectivity index (χ1n) is 14.8. The van der Waals surface area contributed by atoms with Gasteiger partial charge in [-0.25, -0.2) is 8.42 Å². The van der Waals surface area contributed by atoms with Crippen LogP contribution in [0.3, 0.4) is 0 Å². The number of carbonyl (C=O) groups excluding carboxylic acids is 2. The number of methoxy groups -OCH3 is 1. The molecule has 0 saturated carbocycles. The summed E-state index contributed by atoms with van der Waals surface area (Å²) in [6, 6.07) is 27.4. The van der Waals surface area contributed by atoms with Gasteiger partial charge in [-0.05, 0) is 73.0 Å². The van der Waals surface area contributed by atoms with Gasteiger partial charge in [-0.2, -0.15) is 0 Å². The summed E-state index contributed by atoms with van der Waals surface area (Å²) in [6.45, 7) is 3.19. The number of hydrogen-bond acceptors (Lipinski definition) is 5. The molecule has 242 valence electrons. The second-order valence-corrected chi connectivity index (χ2v) is 13.5. The van der Waals surface area contributed by atoms with Gasteiger partial charge in [0.25, 0.3) is 10.0 Å². The number of halogens is 2. The van der Waals surface area contributed by atoms with E-state index in [1.54, 1.807) is 60.7 Å². The minimum Gasteiger partial charge on any atom is -0.497 e. The summed E-state index contributed by atoms with van der Waals surface area (Å²) in [5.74, 6) is -0.434. The van der Waals surface area contributed by atoms with E-state index in [1.807, 2.05) is 44.2 Å². The highest BCUT2D eigenvalue weighted by atomic mass is 35.5. The summed E-state index contributed by atoms with van der Waals surface area (Å²) in [5, 5.41) is 3.75. The molecule has 0 unspecified atom stereocenters. The Balaban J connectivity index is 1.82. The zero-order valence-corrected chi connectivity index (χ0v) is 28.2. The number of sulfonamides is 1. The highest BCUT2D eigenvalue weighted by Crippen LogP contribution is 2.28. The highest BCUT2D eigenvalue weighted by Gasteiger charge is 2.35. The van der Waals surface area contributed by atoms with Crippen LogP contribution in [0, 0.1) is 0 Å². The van der Waals surface area contributed by atoms with Crippen molar-refractivity contribution in [1.82, 2.24) is 10.2 Å². The molecule has 11 heteroatoms.